The van der Waals surface area contributed by atoms with Gasteiger partial charge in [0, 0.05) is 33.2 Å². The van der Waals surface area contributed by atoms with Gasteiger partial charge in [0.05, 0.1) is 11.0 Å². The van der Waals surface area contributed by atoms with Gasteiger partial charge < -0.3 is 4.57 Å². The SMILES string of the molecule is c1ccc(-c2cccc(-c3nc(-c4ccc(-n5c6ccccc6c6cc(-c7ccccc7)ccc65)cc4)nc(-c4cccc(-c5ccccc5)c4)n3)c2)cc1. The van der Waals surface area contributed by atoms with Gasteiger partial charge in [0.15, 0.2) is 17.5 Å². The Balaban J connectivity index is 1.09. The van der Waals surface area contributed by atoms with E-state index in [9.17, 15) is 0 Å². The molecule has 4 nitrogen and oxygen atoms in total. The number of para-hydroxylation sites is 1. The molecule has 2 heterocycles. The standard InChI is InChI=1S/C51H34N4/c1-4-14-35(15-5-1)39-20-12-22-42(32-39)50-52-49(53-51(54-50)43-23-13-21-40(33-43)36-16-6-2-7-17-36)38-26-29-44(30-27-38)55-47-25-11-10-24-45(47)46-34-41(28-31-48(46)55)37-18-8-3-9-19-37/h1-34H. The van der Waals surface area contributed by atoms with Crippen LogP contribution in [0, 0.1) is 0 Å². The quantitative estimate of drug-likeness (QED) is 0.166. The minimum atomic E-state index is 0.622. The molecule has 0 fully saturated rings. The summed E-state index contributed by atoms with van der Waals surface area (Å²) in [6.45, 7) is 0. The largest absolute Gasteiger partial charge is 0.309 e. The Kier molecular flexibility index (Phi) is 8.12. The average Bonchev–Trinajstić information content (AvgIpc) is 3.61. The third-order valence-electron chi connectivity index (χ3n) is 10.3. The molecule has 0 aliphatic heterocycles. The molecule has 0 atom stereocenters. The molecule has 8 aromatic carbocycles. The molecule has 0 N–H and O–H groups in total. The highest BCUT2D eigenvalue weighted by molar-refractivity contribution is 6.10. The summed E-state index contributed by atoms with van der Waals surface area (Å²) in [5.41, 5.74) is 13.1. The van der Waals surface area contributed by atoms with Crippen molar-refractivity contribution in [3.8, 4) is 73.2 Å². The van der Waals surface area contributed by atoms with Crippen molar-refractivity contribution in [2.24, 2.45) is 0 Å². The van der Waals surface area contributed by atoms with Crippen molar-refractivity contribution in [1.29, 1.82) is 0 Å². The monoisotopic (exact) mass is 702 g/mol. The van der Waals surface area contributed by atoms with Crippen molar-refractivity contribution in [2.45, 2.75) is 0 Å². The lowest BCUT2D eigenvalue weighted by atomic mass is 10.0. The van der Waals surface area contributed by atoms with Gasteiger partial charge >= 0.3 is 0 Å². The Morgan fingerprint density at radius 1 is 0.255 bits per heavy atom. The van der Waals surface area contributed by atoms with E-state index in [2.05, 4.69) is 199 Å². The first-order chi connectivity index (χ1) is 27.2. The molecule has 2 aromatic heterocycles. The van der Waals surface area contributed by atoms with E-state index < -0.39 is 0 Å². The molecule has 55 heavy (non-hydrogen) atoms. The Morgan fingerprint density at radius 2 is 0.655 bits per heavy atom. The van der Waals surface area contributed by atoms with Gasteiger partial charge in [-0.3, -0.25) is 0 Å². The summed E-state index contributed by atoms with van der Waals surface area (Å²) in [5.74, 6) is 1.88. The van der Waals surface area contributed by atoms with E-state index in [1.807, 2.05) is 12.1 Å². The molecule has 0 spiro atoms. The highest BCUT2D eigenvalue weighted by Gasteiger charge is 2.16. The van der Waals surface area contributed by atoms with Crippen LogP contribution >= 0.6 is 0 Å². The first-order valence-electron chi connectivity index (χ1n) is 18.5. The average molecular weight is 703 g/mol. The molecule has 0 amide bonds. The minimum absolute atomic E-state index is 0.622. The predicted molar refractivity (Wildman–Crippen MR) is 227 cm³/mol. The van der Waals surface area contributed by atoms with Gasteiger partial charge in [0.1, 0.15) is 0 Å². The van der Waals surface area contributed by atoms with Gasteiger partial charge in [0.25, 0.3) is 0 Å². The molecule has 0 bridgehead atoms. The zero-order valence-corrected chi connectivity index (χ0v) is 29.9. The van der Waals surface area contributed by atoms with Crippen LogP contribution in [0.2, 0.25) is 0 Å². The number of aromatic nitrogens is 4. The first kappa shape index (κ1) is 32.2. The summed E-state index contributed by atoms with van der Waals surface area (Å²) < 4.78 is 2.34. The highest BCUT2D eigenvalue weighted by atomic mass is 15.0. The van der Waals surface area contributed by atoms with Crippen LogP contribution in [0.1, 0.15) is 0 Å². The Labute approximate surface area is 319 Å². The molecule has 0 unspecified atom stereocenters. The summed E-state index contributed by atoms with van der Waals surface area (Å²) in [5, 5.41) is 2.45. The van der Waals surface area contributed by atoms with Crippen molar-refractivity contribution >= 4 is 21.8 Å². The summed E-state index contributed by atoms with van der Waals surface area (Å²) in [7, 11) is 0. The maximum atomic E-state index is 5.12. The van der Waals surface area contributed by atoms with Gasteiger partial charge in [-0.15, -0.1) is 0 Å². The summed E-state index contributed by atoms with van der Waals surface area (Å²) in [6, 6.07) is 72.2. The molecule has 10 aromatic rings. The van der Waals surface area contributed by atoms with Crippen LogP contribution < -0.4 is 0 Å². The molecule has 0 radical (unpaired) electrons. The van der Waals surface area contributed by atoms with Crippen LogP contribution in [0.4, 0.5) is 0 Å². The number of fused-ring (bicyclic) bond motifs is 3. The summed E-state index contributed by atoms with van der Waals surface area (Å²) in [6.07, 6.45) is 0. The van der Waals surface area contributed by atoms with Gasteiger partial charge in [-0.05, 0) is 88.0 Å². The number of hydrogen-bond donors (Lipinski definition) is 0. The van der Waals surface area contributed by atoms with Crippen molar-refractivity contribution in [3.63, 3.8) is 0 Å². The fourth-order valence-corrected chi connectivity index (χ4v) is 7.52. The first-order valence-corrected chi connectivity index (χ1v) is 18.5. The van der Waals surface area contributed by atoms with Gasteiger partial charge in [-0.25, -0.2) is 15.0 Å². The third kappa shape index (κ3) is 6.16. The molecular weight excluding hydrogens is 669 g/mol. The van der Waals surface area contributed by atoms with Gasteiger partial charge in [-0.1, -0.05) is 152 Å². The molecule has 4 heteroatoms. The van der Waals surface area contributed by atoms with Crippen LogP contribution in [0.5, 0.6) is 0 Å². The van der Waals surface area contributed by atoms with E-state index in [0.29, 0.717) is 17.5 Å². The van der Waals surface area contributed by atoms with Crippen LogP contribution in [-0.4, -0.2) is 19.5 Å². The van der Waals surface area contributed by atoms with E-state index in [-0.39, 0.29) is 0 Å². The predicted octanol–water partition coefficient (Wildman–Crippen LogP) is 13.0. The normalized spacial score (nSPS) is 11.3. The Bertz CT molecular complexity index is 2850. The maximum absolute atomic E-state index is 5.12. The smallest absolute Gasteiger partial charge is 0.164 e. The van der Waals surface area contributed by atoms with Gasteiger partial charge in [0.2, 0.25) is 0 Å². The maximum Gasteiger partial charge on any atom is 0.164 e. The highest BCUT2D eigenvalue weighted by Crippen LogP contribution is 2.36. The fourth-order valence-electron chi connectivity index (χ4n) is 7.52. The second-order valence-electron chi connectivity index (χ2n) is 13.7. The van der Waals surface area contributed by atoms with Gasteiger partial charge in [-0.2, -0.15) is 0 Å². The molecule has 0 aliphatic rings. The second-order valence-corrected chi connectivity index (χ2v) is 13.7. The lowest BCUT2D eigenvalue weighted by molar-refractivity contribution is 1.07. The van der Waals surface area contributed by atoms with E-state index in [1.54, 1.807) is 0 Å². The topological polar surface area (TPSA) is 43.6 Å². The Hall–Kier alpha value is -7.43. The molecule has 0 aliphatic carbocycles. The van der Waals surface area contributed by atoms with E-state index >= 15 is 0 Å². The van der Waals surface area contributed by atoms with Crippen molar-refractivity contribution < 1.29 is 0 Å². The zero-order valence-electron chi connectivity index (χ0n) is 29.9. The molecule has 258 valence electrons. The van der Waals surface area contributed by atoms with Crippen molar-refractivity contribution in [3.05, 3.63) is 206 Å². The summed E-state index contributed by atoms with van der Waals surface area (Å²) >= 11 is 0. The number of nitrogens with zero attached hydrogens (tertiary/aromatic N) is 4. The van der Waals surface area contributed by atoms with Crippen LogP contribution in [0.15, 0.2) is 206 Å². The van der Waals surface area contributed by atoms with Crippen LogP contribution in [-0.2, 0) is 0 Å². The van der Waals surface area contributed by atoms with E-state index in [4.69, 9.17) is 15.0 Å². The van der Waals surface area contributed by atoms with E-state index in [1.165, 1.54) is 21.9 Å². The van der Waals surface area contributed by atoms with Crippen molar-refractivity contribution in [1.82, 2.24) is 19.5 Å². The Morgan fingerprint density at radius 3 is 1.20 bits per heavy atom. The van der Waals surface area contributed by atoms with Crippen molar-refractivity contribution in [2.75, 3.05) is 0 Å². The number of hydrogen-bond acceptors (Lipinski definition) is 3. The van der Waals surface area contributed by atoms with E-state index in [0.717, 1.165) is 55.7 Å². The zero-order chi connectivity index (χ0) is 36.6. The molecule has 0 saturated carbocycles. The van der Waals surface area contributed by atoms with Crippen LogP contribution in [0.25, 0.3) is 95.0 Å². The molecule has 0 saturated heterocycles. The third-order valence-corrected chi connectivity index (χ3v) is 10.3. The number of rotatable bonds is 7. The minimum Gasteiger partial charge on any atom is -0.309 e. The van der Waals surface area contributed by atoms with Crippen LogP contribution in [0.3, 0.4) is 0 Å². The lowest BCUT2D eigenvalue weighted by Gasteiger charge is -2.12. The number of benzene rings is 8. The summed E-state index contributed by atoms with van der Waals surface area (Å²) in [4.78, 5) is 15.3. The molecular formula is C51H34N4. The molecule has 10 rings (SSSR count). The lowest BCUT2D eigenvalue weighted by Crippen LogP contribution is -2.01. The second kappa shape index (κ2) is 13.8. The fraction of sp³-hybridized carbons (Fsp3) is 0.